The molecule has 1 aromatic heterocycles. The number of anilines is 1. The Balaban J connectivity index is 1.42. The summed E-state index contributed by atoms with van der Waals surface area (Å²) >= 11 is 5.99. The zero-order valence-electron chi connectivity index (χ0n) is 19.0. The van der Waals surface area contributed by atoms with E-state index in [9.17, 15) is 9.59 Å². The van der Waals surface area contributed by atoms with Crippen LogP contribution in [0.1, 0.15) is 21.7 Å². The second-order valence-corrected chi connectivity index (χ2v) is 8.74. The molecular weight excluding hydrogens is 458 g/mol. The summed E-state index contributed by atoms with van der Waals surface area (Å²) in [7, 11) is 0. The van der Waals surface area contributed by atoms with Crippen molar-refractivity contribution in [2.24, 2.45) is 0 Å². The van der Waals surface area contributed by atoms with Gasteiger partial charge in [0, 0.05) is 16.3 Å². The number of nitrogens with zero attached hydrogens (tertiary/aromatic N) is 2. The highest BCUT2D eigenvalue weighted by Crippen LogP contribution is 2.22. The van der Waals surface area contributed by atoms with Crippen molar-refractivity contribution in [2.75, 3.05) is 5.32 Å². The minimum Gasteiger partial charge on any atom is -0.322 e. The average molecular weight is 480 g/mol. The van der Waals surface area contributed by atoms with Gasteiger partial charge < -0.3 is 5.32 Å². The maximum Gasteiger partial charge on any atom is 0.261 e. The first-order valence-electron chi connectivity index (χ1n) is 11.2. The lowest BCUT2D eigenvalue weighted by atomic mass is 10.0. The number of rotatable bonds is 5. The van der Waals surface area contributed by atoms with Crippen LogP contribution in [0, 0.1) is 6.92 Å². The highest BCUT2D eigenvalue weighted by molar-refractivity contribution is 6.30. The van der Waals surface area contributed by atoms with Crippen LogP contribution in [0.3, 0.4) is 0 Å². The van der Waals surface area contributed by atoms with Crippen molar-refractivity contribution < 1.29 is 4.79 Å². The Hall–Kier alpha value is -4.22. The maximum atomic E-state index is 13.4. The van der Waals surface area contributed by atoms with Crippen molar-refractivity contribution in [1.29, 1.82) is 0 Å². The van der Waals surface area contributed by atoms with Crippen LogP contribution in [0.5, 0.6) is 0 Å². The molecule has 4 aromatic carbocycles. The summed E-state index contributed by atoms with van der Waals surface area (Å²) in [5, 5.41) is 4.02. The zero-order chi connectivity index (χ0) is 24.4. The number of amides is 1. The summed E-state index contributed by atoms with van der Waals surface area (Å²) in [5.74, 6) is 0.400. The molecule has 1 heterocycles. The Morgan fingerprint density at radius 2 is 1.54 bits per heavy atom. The molecule has 5 nitrogen and oxygen atoms in total. The Morgan fingerprint density at radius 3 is 2.23 bits per heavy atom. The van der Waals surface area contributed by atoms with Gasteiger partial charge in [-0.1, -0.05) is 66.2 Å². The molecule has 6 heteroatoms. The molecule has 35 heavy (non-hydrogen) atoms. The van der Waals surface area contributed by atoms with Gasteiger partial charge in [0.2, 0.25) is 0 Å². The lowest BCUT2D eigenvalue weighted by Gasteiger charge is -2.13. The Kier molecular flexibility index (Phi) is 6.17. The zero-order valence-corrected chi connectivity index (χ0v) is 19.8. The minimum absolute atomic E-state index is 0.148. The van der Waals surface area contributed by atoms with Crippen LogP contribution in [0.15, 0.2) is 102 Å². The first-order chi connectivity index (χ1) is 17.0. The topological polar surface area (TPSA) is 64.0 Å². The lowest BCUT2D eigenvalue weighted by Crippen LogP contribution is -2.24. The summed E-state index contributed by atoms with van der Waals surface area (Å²) in [6.07, 6.45) is 0. The van der Waals surface area contributed by atoms with Crippen molar-refractivity contribution in [3.05, 3.63) is 129 Å². The number of hydrogen-bond acceptors (Lipinski definition) is 3. The van der Waals surface area contributed by atoms with Crippen LogP contribution in [-0.4, -0.2) is 15.5 Å². The van der Waals surface area contributed by atoms with Crippen LogP contribution in [0.4, 0.5) is 5.69 Å². The van der Waals surface area contributed by atoms with Crippen LogP contribution >= 0.6 is 11.6 Å². The molecule has 1 amide bonds. The first kappa shape index (κ1) is 22.6. The molecule has 5 rings (SSSR count). The van der Waals surface area contributed by atoms with Crippen molar-refractivity contribution in [3.63, 3.8) is 0 Å². The molecule has 0 radical (unpaired) electrons. The van der Waals surface area contributed by atoms with Gasteiger partial charge in [0.05, 0.1) is 17.4 Å². The number of aromatic nitrogens is 2. The fourth-order valence-electron chi connectivity index (χ4n) is 4.02. The van der Waals surface area contributed by atoms with E-state index in [1.165, 1.54) is 0 Å². The molecule has 1 N–H and O–H groups in total. The number of hydrogen-bond donors (Lipinski definition) is 1. The highest BCUT2D eigenvalue weighted by Gasteiger charge is 2.12. The summed E-state index contributed by atoms with van der Waals surface area (Å²) in [6.45, 7) is 2.23. The Labute approximate surface area is 207 Å². The molecular formula is C29H22ClN3O2. The third-order valence-electron chi connectivity index (χ3n) is 5.91. The quantitative estimate of drug-likeness (QED) is 0.320. The monoisotopic (exact) mass is 479 g/mol. The largest absolute Gasteiger partial charge is 0.322 e. The number of fused-ring (bicyclic) bond motifs is 1. The van der Waals surface area contributed by atoms with Gasteiger partial charge in [-0.2, -0.15) is 0 Å². The first-order valence-corrected chi connectivity index (χ1v) is 11.6. The van der Waals surface area contributed by atoms with Crippen molar-refractivity contribution >= 4 is 34.1 Å². The van der Waals surface area contributed by atoms with E-state index in [1.807, 2.05) is 73.7 Å². The van der Waals surface area contributed by atoms with Crippen molar-refractivity contribution in [1.82, 2.24) is 9.55 Å². The van der Waals surface area contributed by atoms with Gasteiger partial charge in [-0.05, 0) is 66.1 Å². The van der Waals surface area contributed by atoms with Gasteiger partial charge >= 0.3 is 0 Å². The number of carbonyl (C=O) groups excluding carboxylic acids is 1. The number of aryl methyl sites for hydroxylation is 1. The van der Waals surface area contributed by atoms with Crippen LogP contribution in [0.25, 0.3) is 22.0 Å². The average Bonchev–Trinajstić information content (AvgIpc) is 2.88. The van der Waals surface area contributed by atoms with Gasteiger partial charge in [0.1, 0.15) is 5.82 Å². The number of nitrogens with one attached hydrogen (secondary N) is 1. The predicted molar refractivity (Wildman–Crippen MR) is 141 cm³/mol. The lowest BCUT2D eigenvalue weighted by molar-refractivity contribution is 0.102. The molecule has 0 saturated heterocycles. The molecule has 0 aliphatic heterocycles. The molecule has 0 aliphatic rings. The summed E-state index contributed by atoms with van der Waals surface area (Å²) < 4.78 is 1.66. The molecule has 0 bridgehead atoms. The molecule has 172 valence electrons. The Bertz CT molecular complexity index is 1580. The molecule has 0 unspecified atom stereocenters. The van der Waals surface area contributed by atoms with Crippen molar-refractivity contribution in [3.8, 4) is 11.1 Å². The molecule has 0 spiro atoms. The van der Waals surface area contributed by atoms with Gasteiger partial charge in [-0.3, -0.25) is 14.2 Å². The van der Waals surface area contributed by atoms with Gasteiger partial charge in [0.25, 0.3) is 11.5 Å². The summed E-state index contributed by atoms with van der Waals surface area (Å²) in [6, 6.07) is 29.9. The maximum absolute atomic E-state index is 13.4. The second-order valence-electron chi connectivity index (χ2n) is 8.31. The molecule has 5 aromatic rings. The van der Waals surface area contributed by atoms with Crippen molar-refractivity contribution in [2.45, 2.75) is 13.5 Å². The SMILES string of the molecule is Cc1nc2ccc(NC(=O)c3ccccc3)cc2c(=O)n1Cc1ccc(-c2ccc(Cl)cc2)cc1. The van der Waals surface area contributed by atoms with E-state index >= 15 is 0 Å². The number of carbonyl (C=O) groups is 1. The fourth-order valence-corrected chi connectivity index (χ4v) is 4.14. The van der Waals surface area contributed by atoms with E-state index < -0.39 is 0 Å². The minimum atomic E-state index is -0.230. The van der Waals surface area contributed by atoms with E-state index in [4.69, 9.17) is 11.6 Å². The highest BCUT2D eigenvalue weighted by atomic mass is 35.5. The van der Waals surface area contributed by atoms with E-state index in [-0.39, 0.29) is 11.5 Å². The van der Waals surface area contributed by atoms with E-state index in [0.717, 1.165) is 16.7 Å². The van der Waals surface area contributed by atoms with Crippen LogP contribution in [-0.2, 0) is 6.54 Å². The fraction of sp³-hybridized carbons (Fsp3) is 0.0690. The number of halogens is 1. The van der Waals surface area contributed by atoms with E-state index in [2.05, 4.69) is 10.3 Å². The Morgan fingerprint density at radius 1 is 0.886 bits per heavy atom. The molecule has 0 aliphatic carbocycles. The number of benzene rings is 4. The second kappa shape index (κ2) is 9.57. The smallest absolute Gasteiger partial charge is 0.261 e. The van der Waals surface area contributed by atoms with Gasteiger partial charge in [-0.15, -0.1) is 0 Å². The van der Waals surface area contributed by atoms with Crippen LogP contribution < -0.4 is 10.9 Å². The third kappa shape index (κ3) is 4.86. The van der Waals surface area contributed by atoms with E-state index in [1.54, 1.807) is 34.9 Å². The standard InChI is InChI=1S/C29H22ClN3O2/c1-19-31-27-16-15-25(32-28(34)23-5-3-2-4-6-23)17-26(27)29(35)33(19)18-20-7-9-21(10-8-20)22-11-13-24(30)14-12-22/h2-17H,18H2,1H3,(H,32,34). The predicted octanol–water partition coefficient (Wildman–Crippen LogP) is 6.33. The van der Waals surface area contributed by atoms with Crippen LogP contribution in [0.2, 0.25) is 5.02 Å². The molecule has 0 fully saturated rings. The van der Waals surface area contributed by atoms with Gasteiger partial charge in [0.15, 0.2) is 0 Å². The molecule has 0 atom stereocenters. The van der Waals surface area contributed by atoms with Gasteiger partial charge in [-0.25, -0.2) is 4.98 Å². The normalized spacial score (nSPS) is 10.9. The third-order valence-corrected chi connectivity index (χ3v) is 6.16. The van der Waals surface area contributed by atoms with E-state index in [0.29, 0.717) is 39.5 Å². The summed E-state index contributed by atoms with van der Waals surface area (Å²) in [4.78, 5) is 30.5. The summed E-state index contributed by atoms with van der Waals surface area (Å²) in [5.41, 5.74) is 4.69. The molecule has 0 saturated carbocycles.